The Morgan fingerprint density at radius 2 is 1.88 bits per heavy atom. The van der Waals surface area contributed by atoms with Gasteiger partial charge in [-0.15, -0.1) is 0 Å². The van der Waals surface area contributed by atoms with Gasteiger partial charge in [0.15, 0.2) is 0 Å². The first-order chi connectivity index (χ1) is 12.1. The van der Waals surface area contributed by atoms with E-state index < -0.39 is 0 Å². The van der Waals surface area contributed by atoms with E-state index in [4.69, 9.17) is 16.3 Å². The number of anilines is 1. The van der Waals surface area contributed by atoms with Gasteiger partial charge in [0.25, 0.3) is 0 Å². The molecule has 2 fully saturated rings. The Morgan fingerprint density at radius 3 is 2.56 bits per heavy atom. The zero-order chi connectivity index (χ0) is 17.6. The molecule has 1 aromatic carbocycles. The van der Waals surface area contributed by atoms with E-state index in [0.29, 0.717) is 43.6 Å². The number of piperidine rings is 1. The topological polar surface area (TPSA) is 61.9 Å². The summed E-state index contributed by atoms with van der Waals surface area (Å²) in [5.74, 6) is 0.261. The minimum atomic E-state index is -0.0553. The molecule has 0 saturated carbocycles. The first-order valence-electron chi connectivity index (χ1n) is 8.76. The molecule has 2 saturated heterocycles. The molecule has 3 rings (SSSR count). The van der Waals surface area contributed by atoms with Crippen molar-refractivity contribution in [2.24, 2.45) is 5.92 Å². The summed E-state index contributed by atoms with van der Waals surface area (Å²) in [5, 5.41) is 3.46. The van der Waals surface area contributed by atoms with Gasteiger partial charge in [-0.3, -0.25) is 14.5 Å². The van der Waals surface area contributed by atoms with Gasteiger partial charge in [0, 0.05) is 29.7 Å². The van der Waals surface area contributed by atoms with Gasteiger partial charge < -0.3 is 15.0 Å². The minimum absolute atomic E-state index is 0.0553. The molecule has 6 nitrogen and oxygen atoms in total. The zero-order valence-electron chi connectivity index (χ0n) is 14.2. The van der Waals surface area contributed by atoms with Gasteiger partial charge in [-0.1, -0.05) is 17.7 Å². The third-order valence-electron chi connectivity index (χ3n) is 4.74. The Kier molecular flexibility index (Phi) is 6.29. The van der Waals surface area contributed by atoms with Crippen LogP contribution in [0, 0.1) is 5.92 Å². The average molecular weight is 366 g/mol. The van der Waals surface area contributed by atoms with Crippen LogP contribution in [0.25, 0.3) is 0 Å². The van der Waals surface area contributed by atoms with Crippen molar-refractivity contribution in [2.45, 2.75) is 12.8 Å². The third kappa shape index (κ3) is 5.17. The van der Waals surface area contributed by atoms with Crippen LogP contribution in [0.3, 0.4) is 0 Å². The third-order valence-corrected chi connectivity index (χ3v) is 4.97. The normalized spacial score (nSPS) is 19.6. The lowest BCUT2D eigenvalue weighted by molar-refractivity contribution is -0.141. The average Bonchev–Trinajstić information content (AvgIpc) is 2.62. The molecule has 2 aliphatic heterocycles. The number of hydrogen-bond acceptors (Lipinski definition) is 4. The fourth-order valence-electron chi connectivity index (χ4n) is 3.35. The molecule has 0 atom stereocenters. The van der Waals surface area contributed by atoms with Crippen LogP contribution in [0.1, 0.15) is 12.8 Å². The van der Waals surface area contributed by atoms with Crippen LogP contribution < -0.4 is 5.32 Å². The van der Waals surface area contributed by atoms with Crippen LogP contribution in [0.4, 0.5) is 5.69 Å². The Bertz CT molecular complexity index is 611. The van der Waals surface area contributed by atoms with Crippen LogP contribution in [-0.4, -0.2) is 67.6 Å². The summed E-state index contributed by atoms with van der Waals surface area (Å²) in [4.78, 5) is 28.7. The largest absolute Gasteiger partial charge is 0.378 e. The van der Waals surface area contributed by atoms with E-state index in [1.54, 1.807) is 18.2 Å². The van der Waals surface area contributed by atoms with Crippen molar-refractivity contribution in [1.82, 2.24) is 9.80 Å². The number of nitrogens with zero attached hydrogens (tertiary/aromatic N) is 2. The lowest BCUT2D eigenvalue weighted by atomic mass is 9.95. The predicted octanol–water partition coefficient (Wildman–Crippen LogP) is 1.85. The van der Waals surface area contributed by atoms with Crippen molar-refractivity contribution in [2.75, 3.05) is 51.3 Å². The fourth-order valence-corrected chi connectivity index (χ4v) is 3.54. The lowest BCUT2D eigenvalue weighted by Crippen LogP contribution is -2.47. The second-order valence-electron chi connectivity index (χ2n) is 6.55. The molecule has 2 amide bonds. The number of amides is 2. The second-order valence-corrected chi connectivity index (χ2v) is 6.98. The highest BCUT2D eigenvalue weighted by Gasteiger charge is 2.29. The Labute approximate surface area is 153 Å². The zero-order valence-corrected chi connectivity index (χ0v) is 15.0. The first kappa shape index (κ1) is 18.2. The summed E-state index contributed by atoms with van der Waals surface area (Å²) in [6, 6.07) is 7.12. The molecule has 1 N–H and O–H groups in total. The number of nitrogens with one attached hydrogen (secondary N) is 1. The molecule has 7 heteroatoms. The van der Waals surface area contributed by atoms with Crippen LogP contribution in [-0.2, 0) is 14.3 Å². The Hall–Kier alpha value is -1.63. The summed E-state index contributed by atoms with van der Waals surface area (Å²) >= 11 is 5.92. The van der Waals surface area contributed by atoms with Crippen molar-refractivity contribution in [1.29, 1.82) is 0 Å². The molecule has 0 unspecified atom stereocenters. The maximum absolute atomic E-state index is 12.5. The molecule has 0 aromatic heterocycles. The molecule has 1 aromatic rings. The van der Waals surface area contributed by atoms with E-state index in [9.17, 15) is 9.59 Å². The van der Waals surface area contributed by atoms with E-state index in [0.717, 1.165) is 25.9 Å². The van der Waals surface area contributed by atoms with Crippen molar-refractivity contribution in [3.05, 3.63) is 29.3 Å². The summed E-state index contributed by atoms with van der Waals surface area (Å²) in [7, 11) is 0. The molecule has 0 bridgehead atoms. The molecule has 25 heavy (non-hydrogen) atoms. The predicted molar refractivity (Wildman–Crippen MR) is 96.6 cm³/mol. The quantitative estimate of drug-likeness (QED) is 0.884. The second kappa shape index (κ2) is 8.65. The smallest absolute Gasteiger partial charge is 0.238 e. The highest BCUT2D eigenvalue weighted by molar-refractivity contribution is 6.30. The molecule has 2 heterocycles. The molecule has 0 spiro atoms. The van der Waals surface area contributed by atoms with E-state index >= 15 is 0 Å². The number of ether oxygens (including phenoxy) is 1. The van der Waals surface area contributed by atoms with Gasteiger partial charge in [0.2, 0.25) is 11.8 Å². The van der Waals surface area contributed by atoms with E-state index in [2.05, 4.69) is 10.2 Å². The van der Waals surface area contributed by atoms with Crippen LogP contribution in [0.2, 0.25) is 5.02 Å². The summed E-state index contributed by atoms with van der Waals surface area (Å²) in [5.41, 5.74) is 0.704. The van der Waals surface area contributed by atoms with Gasteiger partial charge in [-0.25, -0.2) is 0 Å². The molecule has 0 radical (unpaired) electrons. The van der Waals surface area contributed by atoms with Crippen molar-refractivity contribution in [3.8, 4) is 0 Å². The molecule has 136 valence electrons. The summed E-state index contributed by atoms with van der Waals surface area (Å²) in [6.07, 6.45) is 1.61. The number of benzene rings is 1. The summed E-state index contributed by atoms with van der Waals surface area (Å²) in [6.45, 7) is 4.53. The minimum Gasteiger partial charge on any atom is -0.378 e. The first-order valence-corrected chi connectivity index (χ1v) is 9.14. The van der Waals surface area contributed by atoms with Gasteiger partial charge >= 0.3 is 0 Å². The van der Waals surface area contributed by atoms with Crippen LogP contribution >= 0.6 is 11.6 Å². The maximum Gasteiger partial charge on any atom is 0.238 e. The number of rotatable bonds is 4. The Morgan fingerprint density at radius 1 is 1.16 bits per heavy atom. The molecular weight excluding hydrogens is 342 g/mol. The maximum atomic E-state index is 12.5. The van der Waals surface area contributed by atoms with Gasteiger partial charge in [-0.2, -0.15) is 0 Å². The van der Waals surface area contributed by atoms with Gasteiger partial charge in [0.05, 0.1) is 19.8 Å². The number of carbonyl (C=O) groups is 2. The number of morpholine rings is 1. The molecule has 2 aliphatic rings. The van der Waals surface area contributed by atoms with E-state index in [1.165, 1.54) is 0 Å². The highest BCUT2D eigenvalue weighted by Crippen LogP contribution is 2.20. The van der Waals surface area contributed by atoms with Crippen molar-refractivity contribution >= 4 is 29.1 Å². The van der Waals surface area contributed by atoms with Crippen LogP contribution in [0.15, 0.2) is 24.3 Å². The monoisotopic (exact) mass is 365 g/mol. The number of halogens is 1. The summed E-state index contributed by atoms with van der Waals surface area (Å²) < 4.78 is 5.30. The fraction of sp³-hybridized carbons (Fsp3) is 0.556. The van der Waals surface area contributed by atoms with Gasteiger partial charge in [-0.05, 0) is 44.1 Å². The SMILES string of the molecule is O=C(CN1CCC(C(=O)N2CCOCC2)CC1)Nc1cccc(Cl)c1. The van der Waals surface area contributed by atoms with Crippen molar-refractivity contribution < 1.29 is 14.3 Å². The number of carbonyl (C=O) groups excluding carboxylic acids is 2. The van der Waals surface area contributed by atoms with Gasteiger partial charge in [0.1, 0.15) is 0 Å². The van der Waals surface area contributed by atoms with E-state index in [-0.39, 0.29) is 17.7 Å². The van der Waals surface area contributed by atoms with Crippen LogP contribution in [0.5, 0.6) is 0 Å². The highest BCUT2D eigenvalue weighted by atomic mass is 35.5. The standard InChI is InChI=1S/C18H24ClN3O3/c19-15-2-1-3-16(12-15)20-17(23)13-21-6-4-14(5-7-21)18(24)22-8-10-25-11-9-22/h1-3,12,14H,4-11,13H2,(H,20,23). The molecular formula is C18H24ClN3O3. The molecule has 0 aliphatic carbocycles. The van der Waals surface area contributed by atoms with Crippen molar-refractivity contribution in [3.63, 3.8) is 0 Å². The Balaban J connectivity index is 1.42. The number of likely N-dealkylation sites (tertiary alicyclic amines) is 1. The number of hydrogen-bond donors (Lipinski definition) is 1. The lowest BCUT2D eigenvalue weighted by Gasteiger charge is -2.35. The van der Waals surface area contributed by atoms with E-state index in [1.807, 2.05) is 11.0 Å².